The minimum Gasteiger partial charge on any atom is -0.368 e. The summed E-state index contributed by atoms with van der Waals surface area (Å²) < 4.78 is 59.8. The van der Waals surface area contributed by atoms with Gasteiger partial charge >= 0.3 is 5.51 Å². The molecule has 8 heteroatoms. The average molecular weight is 372 g/mol. The van der Waals surface area contributed by atoms with Gasteiger partial charge in [-0.05, 0) is 37.1 Å². The third-order valence-corrected chi connectivity index (χ3v) is 4.95. The number of rotatable bonds is 5. The van der Waals surface area contributed by atoms with Gasteiger partial charge in [0.2, 0.25) is 0 Å². The molecule has 0 amide bonds. The second kappa shape index (κ2) is 5.55. The number of benzene rings is 1. The van der Waals surface area contributed by atoms with Gasteiger partial charge in [0.15, 0.2) is 0 Å². The number of anilines is 1. The third kappa shape index (κ3) is 3.11. The van der Waals surface area contributed by atoms with Crippen molar-refractivity contribution in [3.05, 3.63) is 24.3 Å². The molecular weight excluding hydrogens is 359 g/mol. The van der Waals surface area contributed by atoms with Gasteiger partial charge in [0.25, 0.3) is 9.84 Å². The van der Waals surface area contributed by atoms with E-state index in [0.717, 1.165) is 42.5 Å². The van der Waals surface area contributed by atoms with E-state index in [9.17, 15) is 21.6 Å². The molecule has 3 nitrogen and oxygen atoms in total. The smallest absolute Gasteiger partial charge is 0.368 e. The molecule has 2 rings (SSSR count). The molecule has 1 aliphatic carbocycles. The van der Waals surface area contributed by atoms with Crippen LogP contribution in [0.3, 0.4) is 0 Å². The molecule has 1 aromatic carbocycles. The van der Waals surface area contributed by atoms with Crippen molar-refractivity contribution in [2.24, 2.45) is 0 Å². The van der Waals surface area contributed by atoms with E-state index in [2.05, 4.69) is 20.8 Å². The van der Waals surface area contributed by atoms with Crippen LogP contribution in [0.2, 0.25) is 0 Å². The molecule has 1 saturated carbocycles. The second-order valence-corrected chi connectivity index (χ2v) is 7.29. The van der Waals surface area contributed by atoms with Crippen LogP contribution in [-0.4, -0.2) is 31.8 Å². The van der Waals surface area contributed by atoms with Crippen molar-refractivity contribution in [1.82, 2.24) is 0 Å². The summed E-state index contributed by atoms with van der Waals surface area (Å²) in [7, 11) is -5.26. The van der Waals surface area contributed by atoms with E-state index in [1.54, 1.807) is 0 Å². The van der Waals surface area contributed by atoms with Crippen LogP contribution >= 0.6 is 15.9 Å². The van der Waals surface area contributed by atoms with Crippen molar-refractivity contribution in [2.45, 2.75) is 29.3 Å². The Hall–Kier alpha value is -0.760. The van der Waals surface area contributed by atoms with Crippen molar-refractivity contribution in [2.75, 3.05) is 16.8 Å². The van der Waals surface area contributed by atoms with Crippen molar-refractivity contribution in [3.8, 4) is 0 Å². The maximum atomic E-state index is 12.4. The highest BCUT2D eigenvalue weighted by molar-refractivity contribution is 9.09. The minimum absolute atomic E-state index is 0.401. The van der Waals surface area contributed by atoms with Crippen molar-refractivity contribution in [3.63, 3.8) is 0 Å². The molecule has 0 aliphatic heterocycles. The highest BCUT2D eigenvalue weighted by atomic mass is 79.9. The zero-order valence-electron chi connectivity index (χ0n) is 10.4. The summed E-state index contributed by atoms with van der Waals surface area (Å²) in [5, 5.41) is 0.742. The first-order chi connectivity index (χ1) is 9.27. The fourth-order valence-corrected chi connectivity index (χ4v) is 3.09. The predicted octanol–water partition coefficient (Wildman–Crippen LogP) is 3.34. The topological polar surface area (TPSA) is 37.4 Å². The van der Waals surface area contributed by atoms with E-state index in [1.165, 1.54) is 12.1 Å². The van der Waals surface area contributed by atoms with Gasteiger partial charge in [0.1, 0.15) is 0 Å². The van der Waals surface area contributed by atoms with Gasteiger partial charge in [-0.1, -0.05) is 15.9 Å². The third-order valence-electron chi connectivity index (χ3n) is 3.10. The number of sulfone groups is 1. The maximum Gasteiger partial charge on any atom is 0.501 e. The molecule has 1 fully saturated rings. The van der Waals surface area contributed by atoms with E-state index in [0.29, 0.717) is 6.04 Å². The summed E-state index contributed by atoms with van der Waals surface area (Å²) >= 11 is 3.33. The van der Waals surface area contributed by atoms with Gasteiger partial charge in [-0.2, -0.15) is 13.2 Å². The number of nitrogens with zero attached hydrogens (tertiary/aromatic N) is 1. The minimum atomic E-state index is -5.26. The van der Waals surface area contributed by atoms with Crippen LogP contribution in [0.15, 0.2) is 29.2 Å². The molecule has 112 valence electrons. The lowest BCUT2D eigenvalue weighted by molar-refractivity contribution is -0.0436. The zero-order valence-corrected chi connectivity index (χ0v) is 12.8. The van der Waals surface area contributed by atoms with Crippen LogP contribution in [0.25, 0.3) is 0 Å². The largest absolute Gasteiger partial charge is 0.501 e. The van der Waals surface area contributed by atoms with Gasteiger partial charge in [0.05, 0.1) is 4.90 Å². The summed E-state index contributed by atoms with van der Waals surface area (Å²) in [4.78, 5) is 1.35. The first kappa shape index (κ1) is 15.6. The average Bonchev–Trinajstić information content (AvgIpc) is 3.19. The standard InChI is InChI=1S/C12H13BrF3NO2S/c13-7-8-17(9-1-2-9)10-3-5-11(6-4-10)20(18,19)12(14,15)16/h3-6,9H,1-2,7-8H2. The monoisotopic (exact) mass is 371 g/mol. The van der Waals surface area contributed by atoms with Crippen LogP contribution in [0.5, 0.6) is 0 Å². The van der Waals surface area contributed by atoms with Crippen molar-refractivity contribution in [1.29, 1.82) is 0 Å². The second-order valence-electron chi connectivity index (χ2n) is 4.56. The molecule has 0 N–H and O–H groups in total. The van der Waals surface area contributed by atoms with E-state index in [1.807, 2.05) is 0 Å². The SMILES string of the molecule is O=S(=O)(c1ccc(N(CCBr)C2CC2)cc1)C(F)(F)F. The summed E-state index contributed by atoms with van der Waals surface area (Å²) in [6.45, 7) is 0.732. The molecular formula is C12H13BrF3NO2S. The molecule has 0 atom stereocenters. The van der Waals surface area contributed by atoms with E-state index in [4.69, 9.17) is 0 Å². The Morgan fingerprint density at radius 2 is 1.75 bits per heavy atom. The van der Waals surface area contributed by atoms with E-state index in [-0.39, 0.29) is 0 Å². The normalized spacial score (nSPS) is 16.2. The molecule has 0 bridgehead atoms. The first-order valence-corrected chi connectivity index (χ1v) is 8.62. The Kier molecular flexibility index (Phi) is 4.34. The predicted molar refractivity (Wildman–Crippen MR) is 73.8 cm³/mol. The molecule has 1 aliphatic rings. The molecule has 0 aromatic heterocycles. The lowest BCUT2D eigenvalue weighted by atomic mass is 10.3. The van der Waals surface area contributed by atoms with Gasteiger partial charge in [0, 0.05) is 23.6 Å². The Balaban J connectivity index is 2.26. The van der Waals surface area contributed by atoms with Crippen molar-refractivity contribution < 1.29 is 21.6 Å². The summed E-state index contributed by atoms with van der Waals surface area (Å²) in [5.41, 5.74) is -4.52. The number of hydrogen-bond donors (Lipinski definition) is 0. The van der Waals surface area contributed by atoms with Crippen LogP contribution in [0.4, 0.5) is 18.9 Å². The first-order valence-electron chi connectivity index (χ1n) is 6.01. The van der Waals surface area contributed by atoms with Crippen LogP contribution in [0, 0.1) is 0 Å². The highest BCUT2D eigenvalue weighted by Crippen LogP contribution is 2.34. The van der Waals surface area contributed by atoms with Gasteiger partial charge in [-0.25, -0.2) is 8.42 Å². The maximum absolute atomic E-state index is 12.4. The molecule has 0 spiro atoms. The summed E-state index contributed by atoms with van der Waals surface area (Å²) in [6, 6.07) is 5.29. The fourth-order valence-electron chi connectivity index (χ4n) is 1.95. The molecule has 0 saturated heterocycles. The molecule has 0 radical (unpaired) electrons. The quantitative estimate of drug-likeness (QED) is 0.744. The zero-order chi connectivity index (χ0) is 15.0. The molecule has 20 heavy (non-hydrogen) atoms. The Morgan fingerprint density at radius 1 is 1.20 bits per heavy atom. The number of halogens is 4. The lowest BCUT2D eigenvalue weighted by Gasteiger charge is -2.24. The van der Waals surface area contributed by atoms with Crippen molar-refractivity contribution >= 4 is 31.5 Å². The van der Waals surface area contributed by atoms with E-state index >= 15 is 0 Å². The molecule has 1 aromatic rings. The highest BCUT2D eigenvalue weighted by Gasteiger charge is 2.46. The van der Waals surface area contributed by atoms with Crippen LogP contribution < -0.4 is 4.90 Å². The van der Waals surface area contributed by atoms with Gasteiger partial charge in [-0.15, -0.1) is 0 Å². The van der Waals surface area contributed by atoms with Crippen LogP contribution in [0.1, 0.15) is 12.8 Å². The fraction of sp³-hybridized carbons (Fsp3) is 0.500. The number of alkyl halides is 4. The Morgan fingerprint density at radius 3 is 2.15 bits per heavy atom. The molecule has 0 heterocycles. The van der Waals surface area contributed by atoms with Gasteiger partial charge < -0.3 is 4.90 Å². The Bertz CT molecular complexity index is 567. The molecule has 0 unspecified atom stereocenters. The summed E-state index contributed by atoms with van der Waals surface area (Å²) in [5.74, 6) is 0. The van der Waals surface area contributed by atoms with Gasteiger partial charge in [-0.3, -0.25) is 0 Å². The Labute approximate surface area is 123 Å². The lowest BCUT2D eigenvalue weighted by Crippen LogP contribution is -2.28. The van der Waals surface area contributed by atoms with Crippen LogP contribution in [-0.2, 0) is 9.84 Å². The van der Waals surface area contributed by atoms with E-state index < -0.39 is 20.2 Å². The summed E-state index contributed by atoms with van der Waals surface area (Å²) in [6.07, 6.45) is 2.10. The number of hydrogen-bond acceptors (Lipinski definition) is 3.